The molecule has 2 aromatic heterocycles. The molecule has 1 saturated heterocycles. The van der Waals surface area contributed by atoms with Gasteiger partial charge in [0.05, 0.1) is 13.1 Å². The van der Waals surface area contributed by atoms with Crippen LogP contribution < -0.4 is 0 Å². The zero-order valence-electron chi connectivity index (χ0n) is 13.8. The van der Waals surface area contributed by atoms with Gasteiger partial charge in [0.25, 0.3) is 0 Å². The molecular formula is C15H22N6O2. The van der Waals surface area contributed by atoms with Gasteiger partial charge in [0.15, 0.2) is 5.82 Å². The van der Waals surface area contributed by atoms with Crippen LogP contribution in [0.4, 0.5) is 0 Å². The fourth-order valence-corrected chi connectivity index (χ4v) is 3.01. The lowest BCUT2D eigenvalue weighted by Crippen LogP contribution is -2.40. The number of amides is 1. The Hall–Kier alpha value is -2.22. The third-order valence-corrected chi connectivity index (χ3v) is 4.26. The van der Waals surface area contributed by atoms with Gasteiger partial charge in [-0.05, 0) is 6.42 Å². The Balaban J connectivity index is 1.63. The van der Waals surface area contributed by atoms with Gasteiger partial charge in [-0.1, -0.05) is 5.16 Å². The van der Waals surface area contributed by atoms with Crippen molar-refractivity contribution >= 4 is 5.91 Å². The standard InChI is InChI=1S/C15H22N6O2/c1-11-17-14(18-23-11)9-21(12(2)22)13-4-6-20(8-13)10-15-16-5-7-19(15)3/h5,7,13H,4,6,8-10H2,1-3H3/t13-/m0/s1. The summed E-state index contributed by atoms with van der Waals surface area (Å²) in [5.41, 5.74) is 0. The van der Waals surface area contributed by atoms with Crippen LogP contribution in [0, 0.1) is 6.92 Å². The molecule has 0 aliphatic carbocycles. The van der Waals surface area contributed by atoms with E-state index in [1.807, 2.05) is 28.9 Å². The van der Waals surface area contributed by atoms with Gasteiger partial charge in [-0.2, -0.15) is 4.98 Å². The fourth-order valence-electron chi connectivity index (χ4n) is 3.01. The highest BCUT2D eigenvalue weighted by molar-refractivity contribution is 5.73. The molecule has 0 radical (unpaired) electrons. The third kappa shape index (κ3) is 3.58. The van der Waals surface area contributed by atoms with E-state index in [1.54, 1.807) is 13.8 Å². The summed E-state index contributed by atoms with van der Waals surface area (Å²) in [4.78, 5) is 24.7. The molecule has 2 aromatic rings. The predicted molar refractivity (Wildman–Crippen MR) is 82.1 cm³/mol. The van der Waals surface area contributed by atoms with Crippen LogP contribution in [0.1, 0.15) is 30.9 Å². The minimum absolute atomic E-state index is 0.0382. The minimum atomic E-state index is 0.0382. The lowest BCUT2D eigenvalue weighted by Gasteiger charge is -2.27. The van der Waals surface area contributed by atoms with Crippen molar-refractivity contribution in [3.8, 4) is 0 Å². The maximum atomic E-state index is 12.0. The third-order valence-electron chi connectivity index (χ3n) is 4.26. The number of hydrogen-bond acceptors (Lipinski definition) is 6. The topological polar surface area (TPSA) is 80.3 Å². The molecule has 1 aliphatic rings. The molecule has 1 aliphatic heterocycles. The molecule has 3 rings (SSSR count). The van der Waals surface area contributed by atoms with Crippen molar-refractivity contribution < 1.29 is 9.32 Å². The Morgan fingerprint density at radius 2 is 2.35 bits per heavy atom. The number of nitrogens with zero attached hydrogens (tertiary/aromatic N) is 6. The second-order valence-corrected chi connectivity index (χ2v) is 6.01. The van der Waals surface area contributed by atoms with Crippen LogP contribution in [0.25, 0.3) is 0 Å². The maximum absolute atomic E-state index is 12.0. The molecular weight excluding hydrogens is 296 g/mol. The van der Waals surface area contributed by atoms with Crippen LogP contribution in [0.2, 0.25) is 0 Å². The number of likely N-dealkylation sites (tertiary alicyclic amines) is 1. The lowest BCUT2D eigenvalue weighted by atomic mass is 10.2. The molecule has 8 heteroatoms. The number of carbonyl (C=O) groups is 1. The van der Waals surface area contributed by atoms with Crippen molar-refractivity contribution in [1.29, 1.82) is 0 Å². The summed E-state index contributed by atoms with van der Waals surface area (Å²) in [6.45, 7) is 6.32. The largest absolute Gasteiger partial charge is 0.340 e. The Bertz CT molecular complexity index is 679. The Morgan fingerprint density at radius 3 is 2.96 bits per heavy atom. The minimum Gasteiger partial charge on any atom is -0.340 e. The molecule has 1 amide bonds. The van der Waals surface area contributed by atoms with E-state index in [0.29, 0.717) is 18.3 Å². The van der Waals surface area contributed by atoms with E-state index in [2.05, 4.69) is 20.0 Å². The van der Waals surface area contributed by atoms with E-state index >= 15 is 0 Å². The summed E-state index contributed by atoms with van der Waals surface area (Å²) in [5, 5.41) is 3.89. The normalized spacial score (nSPS) is 18.5. The average Bonchev–Trinajstić information content (AvgIpc) is 3.20. The van der Waals surface area contributed by atoms with E-state index in [0.717, 1.165) is 31.9 Å². The Labute approximate surface area is 135 Å². The molecule has 3 heterocycles. The number of imidazole rings is 1. The number of carbonyl (C=O) groups excluding carboxylic acids is 1. The van der Waals surface area contributed by atoms with Crippen LogP contribution >= 0.6 is 0 Å². The smallest absolute Gasteiger partial charge is 0.223 e. The first-order valence-corrected chi connectivity index (χ1v) is 7.78. The molecule has 0 aromatic carbocycles. The second-order valence-electron chi connectivity index (χ2n) is 6.01. The molecule has 1 atom stereocenters. The number of hydrogen-bond donors (Lipinski definition) is 0. The van der Waals surface area contributed by atoms with E-state index in [1.165, 1.54) is 0 Å². The first-order valence-electron chi connectivity index (χ1n) is 7.78. The molecule has 124 valence electrons. The molecule has 0 N–H and O–H groups in total. The van der Waals surface area contributed by atoms with Crippen molar-refractivity contribution in [3.05, 3.63) is 29.9 Å². The van der Waals surface area contributed by atoms with Crippen molar-refractivity contribution in [2.75, 3.05) is 13.1 Å². The van der Waals surface area contributed by atoms with Gasteiger partial charge in [-0.15, -0.1) is 0 Å². The molecule has 1 fully saturated rings. The predicted octanol–water partition coefficient (Wildman–Crippen LogP) is 0.735. The summed E-state index contributed by atoms with van der Waals surface area (Å²) in [6.07, 6.45) is 4.70. The highest BCUT2D eigenvalue weighted by Crippen LogP contribution is 2.19. The first-order chi connectivity index (χ1) is 11.0. The summed E-state index contributed by atoms with van der Waals surface area (Å²) in [6, 6.07) is 0.173. The lowest BCUT2D eigenvalue weighted by molar-refractivity contribution is -0.131. The quantitative estimate of drug-likeness (QED) is 0.809. The van der Waals surface area contributed by atoms with Crippen molar-refractivity contribution in [2.24, 2.45) is 7.05 Å². The van der Waals surface area contributed by atoms with E-state index < -0.39 is 0 Å². The highest BCUT2D eigenvalue weighted by atomic mass is 16.5. The Morgan fingerprint density at radius 1 is 1.52 bits per heavy atom. The molecule has 0 saturated carbocycles. The van der Waals surface area contributed by atoms with Crippen LogP contribution in [-0.2, 0) is 24.9 Å². The van der Waals surface area contributed by atoms with E-state index in [4.69, 9.17) is 4.52 Å². The van der Waals surface area contributed by atoms with Gasteiger partial charge in [0.1, 0.15) is 5.82 Å². The van der Waals surface area contributed by atoms with Gasteiger partial charge in [-0.25, -0.2) is 4.98 Å². The number of aryl methyl sites for hydroxylation is 2. The van der Waals surface area contributed by atoms with Gasteiger partial charge < -0.3 is 14.0 Å². The van der Waals surface area contributed by atoms with Gasteiger partial charge in [0.2, 0.25) is 11.8 Å². The van der Waals surface area contributed by atoms with Crippen molar-refractivity contribution in [2.45, 2.75) is 39.4 Å². The molecule has 0 spiro atoms. The SMILES string of the molecule is CC(=O)N(Cc1noc(C)n1)[C@H]1CCN(Cc2nccn2C)C1. The number of rotatable bonds is 5. The van der Waals surface area contributed by atoms with Gasteiger partial charge in [-0.3, -0.25) is 9.69 Å². The molecule has 8 nitrogen and oxygen atoms in total. The molecule has 23 heavy (non-hydrogen) atoms. The molecule has 0 unspecified atom stereocenters. The summed E-state index contributed by atoms with van der Waals surface area (Å²) in [5.74, 6) is 2.15. The van der Waals surface area contributed by atoms with Crippen LogP contribution in [0.5, 0.6) is 0 Å². The fraction of sp³-hybridized carbons (Fsp3) is 0.600. The summed E-state index contributed by atoms with van der Waals surface area (Å²) >= 11 is 0. The molecule has 0 bridgehead atoms. The first kappa shape index (κ1) is 15.7. The second kappa shape index (κ2) is 6.49. The van der Waals surface area contributed by atoms with E-state index in [-0.39, 0.29) is 11.9 Å². The van der Waals surface area contributed by atoms with Gasteiger partial charge in [0, 0.05) is 52.4 Å². The Kier molecular flexibility index (Phi) is 4.42. The monoisotopic (exact) mass is 318 g/mol. The van der Waals surface area contributed by atoms with E-state index in [9.17, 15) is 4.79 Å². The number of aromatic nitrogens is 4. The zero-order chi connectivity index (χ0) is 16.4. The maximum Gasteiger partial charge on any atom is 0.223 e. The zero-order valence-corrected chi connectivity index (χ0v) is 13.8. The van der Waals surface area contributed by atoms with Crippen molar-refractivity contribution in [1.82, 2.24) is 29.5 Å². The summed E-state index contributed by atoms with van der Waals surface area (Å²) in [7, 11) is 2.00. The average molecular weight is 318 g/mol. The van der Waals surface area contributed by atoms with Crippen LogP contribution in [-0.4, -0.2) is 54.5 Å². The van der Waals surface area contributed by atoms with Gasteiger partial charge >= 0.3 is 0 Å². The van der Waals surface area contributed by atoms with Crippen LogP contribution in [0.3, 0.4) is 0 Å². The van der Waals surface area contributed by atoms with Crippen molar-refractivity contribution in [3.63, 3.8) is 0 Å². The van der Waals surface area contributed by atoms with Crippen LogP contribution in [0.15, 0.2) is 16.9 Å². The highest BCUT2D eigenvalue weighted by Gasteiger charge is 2.30. The summed E-state index contributed by atoms with van der Waals surface area (Å²) < 4.78 is 7.02.